The number of hydrogen-bond donors (Lipinski definition) is 1. The molecular formula is C14H25N3O. The van der Waals surface area contributed by atoms with Gasteiger partial charge in [-0.2, -0.15) is 0 Å². The van der Waals surface area contributed by atoms with Crippen molar-refractivity contribution in [2.24, 2.45) is 7.05 Å². The van der Waals surface area contributed by atoms with Crippen molar-refractivity contribution >= 4 is 5.91 Å². The van der Waals surface area contributed by atoms with Crippen LogP contribution < -0.4 is 5.32 Å². The highest BCUT2D eigenvalue weighted by atomic mass is 16.1. The maximum absolute atomic E-state index is 11.9. The van der Waals surface area contributed by atoms with E-state index in [9.17, 15) is 4.79 Å². The van der Waals surface area contributed by atoms with Gasteiger partial charge in [-0.3, -0.25) is 4.79 Å². The van der Waals surface area contributed by atoms with Gasteiger partial charge in [0.2, 0.25) is 0 Å². The van der Waals surface area contributed by atoms with E-state index in [1.54, 1.807) is 0 Å². The van der Waals surface area contributed by atoms with E-state index in [0.29, 0.717) is 0 Å². The Morgan fingerprint density at radius 2 is 2.06 bits per heavy atom. The number of nitrogens with one attached hydrogen (secondary N) is 1. The van der Waals surface area contributed by atoms with Gasteiger partial charge in [0.1, 0.15) is 0 Å². The van der Waals surface area contributed by atoms with Crippen LogP contribution in [0, 0.1) is 6.92 Å². The molecule has 1 heterocycles. The predicted molar refractivity (Wildman–Crippen MR) is 74.9 cm³/mol. The maximum Gasteiger partial charge on any atom is 0.253 e. The molecule has 102 valence electrons. The molecule has 0 bridgehead atoms. The van der Waals surface area contributed by atoms with Crippen LogP contribution in [0.5, 0.6) is 0 Å². The Morgan fingerprint density at radius 1 is 1.39 bits per heavy atom. The first-order valence-electron chi connectivity index (χ1n) is 6.72. The summed E-state index contributed by atoms with van der Waals surface area (Å²) in [7, 11) is 1.95. The summed E-state index contributed by atoms with van der Waals surface area (Å²) in [4.78, 5) is 14.3. The summed E-state index contributed by atoms with van der Waals surface area (Å²) in [5.41, 5.74) is 1.79. The van der Waals surface area contributed by atoms with Crippen molar-refractivity contribution in [2.45, 2.75) is 27.2 Å². The van der Waals surface area contributed by atoms with Crippen LogP contribution in [0.15, 0.2) is 12.3 Å². The minimum Gasteiger partial charge on any atom is -0.354 e. The van der Waals surface area contributed by atoms with Crippen molar-refractivity contribution in [2.75, 3.05) is 26.2 Å². The fourth-order valence-corrected chi connectivity index (χ4v) is 1.99. The number of carbonyl (C=O) groups is 1. The SMILES string of the molecule is CCN(CC)CCCNC(=O)c1ccn(C)c1C. The molecule has 1 aromatic heterocycles. The number of amides is 1. The molecule has 0 saturated heterocycles. The van der Waals surface area contributed by atoms with E-state index in [2.05, 4.69) is 24.1 Å². The summed E-state index contributed by atoms with van der Waals surface area (Å²) in [6, 6.07) is 1.87. The van der Waals surface area contributed by atoms with E-state index in [1.807, 2.05) is 30.8 Å². The molecule has 4 heteroatoms. The molecule has 1 rings (SSSR count). The van der Waals surface area contributed by atoms with Crippen LogP contribution in [0.3, 0.4) is 0 Å². The highest BCUT2D eigenvalue weighted by molar-refractivity contribution is 5.95. The molecule has 18 heavy (non-hydrogen) atoms. The molecule has 0 aliphatic carbocycles. The highest BCUT2D eigenvalue weighted by Crippen LogP contribution is 2.07. The first-order chi connectivity index (χ1) is 8.60. The van der Waals surface area contributed by atoms with Gasteiger partial charge in [0.05, 0.1) is 5.56 Å². The zero-order valence-corrected chi connectivity index (χ0v) is 12.0. The maximum atomic E-state index is 11.9. The third-order valence-electron chi connectivity index (χ3n) is 3.46. The predicted octanol–water partition coefficient (Wildman–Crippen LogP) is 1.80. The van der Waals surface area contributed by atoms with Crippen LogP contribution in [0.25, 0.3) is 0 Å². The number of hydrogen-bond acceptors (Lipinski definition) is 2. The average Bonchev–Trinajstić information content (AvgIpc) is 2.70. The number of aromatic nitrogens is 1. The lowest BCUT2D eigenvalue weighted by molar-refractivity contribution is 0.0951. The van der Waals surface area contributed by atoms with E-state index >= 15 is 0 Å². The minimum absolute atomic E-state index is 0.0349. The Labute approximate surface area is 110 Å². The van der Waals surface area contributed by atoms with E-state index in [-0.39, 0.29) is 5.91 Å². The van der Waals surface area contributed by atoms with Gasteiger partial charge >= 0.3 is 0 Å². The van der Waals surface area contributed by atoms with Crippen molar-refractivity contribution < 1.29 is 4.79 Å². The number of carbonyl (C=O) groups excluding carboxylic acids is 1. The van der Waals surface area contributed by atoms with Gasteiger partial charge in [0.15, 0.2) is 0 Å². The van der Waals surface area contributed by atoms with E-state index in [1.165, 1.54) is 0 Å². The monoisotopic (exact) mass is 251 g/mol. The second-order valence-electron chi connectivity index (χ2n) is 4.56. The molecule has 0 unspecified atom stereocenters. The molecule has 0 aliphatic heterocycles. The van der Waals surface area contributed by atoms with Crippen molar-refractivity contribution in [1.82, 2.24) is 14.8 Å². The lowest BCUT2D eigenvalue weighted by atomic mass is 10.2. The van der Waals surface area contributed by atoms with Gasteiger partial charge in [0, 0.05) is 25.5 Å². The van der Waals surface area contributed by atoms with Gasteiger partial charge in [-0.05, 0) is 39.0 Å². The number of nitrogens with zero attached hydrogens (tertiary/aromatic N) is 2. The third kappa shape index (κ3) is 3.88. The summed E-state index contributed by atoms with van der Waals surface area (Å²) in [6.45, 7) is 10.2. The summed E-state index contributed by atoms with van der Waals surface area (Å²) in [6.07, 6.45) is 2.92. The first kappa shape index (κ1) is 14.8. The standard InChI is InChI=1S/C14H25N3O/c1-5-17(6-2)10-7-9-15-14(18)13-8-11-16(4)12(13)3/h8,11H,5-7,9-10H2,1-4H3,(H,15,18). The summed E-state index contributed by atoms with van der Waals surface area (Å²) < 4.78 is 1.96. The van der Waals surface area contributed by atoms with Crippen molar-refractivity contribution in [3.05, 3.63) is 23.5 Å². The summed E-state index contributed by atoms with van der Waals surface area (Å²) in [5, 5.41) is 2.98. The van der Waals surface area contributed by atoms with Crippen LogP contribution in [-0.2, 0) is 7.05 Å². The minimum atomic E-state index is 0.0349. The van der Waals surface area contributed by atoms with Crippen LogP contribution in [0.4, 0.5) is 0 Å². The molecule has 0 spiro atoms. The Balaban J connectivity index is 2.32. The molecular weight excluding hydrogens is 226 g/mol. The van der Waals surface area contributed by atoms with Crippen molar-refractivity contribution in [3.8, 4) is 0 Å². The summed E-state index contributed by atoms with van der Waals surface area (Å²) >= 11 is 0. The Kier molecular flexibility index (Phi) is 5.92. The topological polar surface area (TPSA) is 37.3 Å². The van der Waals surface area contributed by atoms with E-state index < -0.39 is 0 Å². The van der Waals surface area contributed by atoms with Crippen LogP contribution in [-0.4, -0.2) is 41.6 Å². The van der Waals surface area contributed by atoms with Crippen LogP contribution in [0.2, 0.25) is 0 Å². The third-order valence-corrected chi connectivity index (χ3v) is 3.46. The first-order valence-corrected chi connectivity index (χ1v) is 6.72. The molecule has 1 aromatic rings. The lowest BCUT2D eigenvalue weighted by Crippen LogP contribution is -2.30. The van der Waals surface area contributed by atoms with Crippen molar-refractivity contribution in [1.29, 1.82) is 0 Å². The largest absolute Gasteiger partial charge is 0.354 e. The van der Waals surface area contributed by atoms with Gasteiger partial charge in [-0.25, -0.2) is 0 Å². The Hall–Kier alpha value is -1.29. The molecule has 0 fully saturated rings. The quantitative estimate of drug-likeness (QED) is 0.750. The highest BCUT2D eigenvalue weighted by Gasteiger charge is 2.10. The fourth-order valence-electron chi connectivity index (χ4n) is 1.99. The Morgan fingerprint density at radius 3 is 2.56 bits per heavy atom. The van der Waals surface area contributed by atoms with E-state index in [0.717, 1.165) is 43.9 Å². The zero-order chi connectivity index (χ0) is 13.5. The molecule has 0 atom stereocenters. The average molecular weight is 251 g/mol. The van der Waals surface area contributed by atoms with Crippen LogP contribution in [0.1, 0.15) is 36.3 Å². The smallest absolute Gasteiger partial charge is 0.253 e. The molecule has 0 aromatic carbocycles. The normalized spacial score (nSPS) is 10.9. The molecule has 0 radical (unpaired) electrons. The van der Waals surface area contributed by atoms with Crippen LogP contribution >= 0.6 is 0 Å². The van der Waals surface area contributed by atoms with Gasteiger partial charge in [-0.1, -0.05) is 13.8 Å². The van der Waals surface area contributed by atoms with Gasteiger partial charge in [0.25, 0.3) is 5.91 Å². The summed E-state index contributed by atoms with van der Waals surface area (Å²) in [5.74, 6) is 0.0349. The Bertz CT molecular complexity index is 380. The molecule has 4 nitrogen and oxygen atoms in total. The molecule has 0 saturated carbocycles. The number of aryl methyl sites for hydroxylation is 1. The molecule has 1 amide bonds. The zero-order valence-electron chi connectivity index (χ0n) is 12.0. The lowest BCUT2D eigenvalue weighted by Gasteiger charge is -2.17. The van der Waals surface area contributed by atoms with Crippen molar-refractivity contribution in [3.63, 3.8) is 0 Å². The number of rotatable bonds is 7. The second-order valence-corrected chi connectivity index (χ2v) is 4.56. The second kappa shape index (κ2) is 7.21. The molecule has 0 aliphatic rings. The van der Waals surface area contributed by atoms with E-state index in [4.69, 9.17) is 0 Å². The van der Waals surface area contributed by atoms with Gasteiger partial charge < -0.3 is 14.8 Å². The van der Waals surface area contributed by atoms with Gasteiger partial charge in [-0.15, -0.1) is 0 Å². The fraction of sp³-hybridized carbons (Fsp3) is 0.643. The molecule has 1 N–H and O–H groups in total.